The van der Waals surface area contributed by atoms with Gasteiger partial charge >= 0.3 is 0 Å². The van der Waals surface area contributed by atoms with Gasteiger partial charge in [0.15, 0.2) is 0 Å². The number of rotatable bonds is 7. The first-order chi connectivity index (χ1) is 13.1. The number of benzene rings is 1. The predicted octanol–water partition coefficient (Wildman–Crippen LogP) is 3.08. The second kappa shape index (κ2) is 8.66. The van der Waals surface area contributed by atoms with Gasteiger partial charge in [-0.3, -0.25) is 4.79 Å². The standard InChI is InChI=1S/C19H18ClN3O4/c1-12(9-24)22-19(25)14-4-7-17(21-8-14)26-10-15-11-27-23-18(15)13-2-5-16(20)6-3-13/h2-8,11-12,24H,9-10H2,1H3,(H,22,25)/t12-/m0/s1. The van der Waals surface area contributed by atoms with Crippen molar-refractivity contribution >= 4 is 17.5 Å². The molecule has 140 valence electrons. The molecule has 0 saturated carbocycles. The largest absolute Gasteiger partial charge is 0.473 e. The van der Waals surface area contributed by atoms with Gasteiger partial charge in [0.25, 0.3) is 5.91 Å². The van der Waals surface area contributed by atoms with E-state index in [2.05, 4.69) is 15.5 Å². The van der Waals surface area contributed by atoms with Crippen LogP contribution in [0.3, 0.4) is 0 Å². The summed E-state index contributed by atoms with van der Waals surface area (Å²) in [4.78, 5) is 16.1. The molecule has 8 heteroatoms. The molecule has 27 heavy (non-hydrogen) atoms. The Hall–Kier alpha value is -2.90. The quantitative estimate of drug-likeness (QED) is 0.646. The first kappa shape index (κ1) is 18.9. The van der Waals surface area contributed by atoms with Crippen LogP contribution in [0.5, 0.6) is 5.88 Å². The van der Waals surface area contributed by atoms with Gasteiger partial charge in [-0.25, -0.2) is 4.98 Å². The highest BCUT2D eigenvalue weighted by molar-refractivity contribution is 6.30. The van der Waals surface area contributed by atoms with Crippen LogP contribution < -0.4 is 10.1 Å². The molecule has 2 aromatic heterocycles. The van der Waals surface area contributed by atoms with E-state index < -0.39 is 0 Å². The third-order valence-corrected chi connectivity index (χ3v) is 4.04. The van der Waals surface area contributed by atoms with Gasteiger partial charge in [-0.1, -0.05) is 28.9 Å². The zero-order valence-electron chi connectivity index (χ0n) is 14.6. The summed E-state index contributed by atoms with van der Waals surface area (Å²) < 4.78 is 10.7. The normalized spacial score (nSPS) is 11.8. The van der Waals surface area contributed by atoms with Crippen LogP contribution in [0.2, 0.25) is 5.02 Å². The zero-order chi connectivity index (χ0) is 19.2. The molecule has 0 unspecified atom stereocenters. The lowest BCUT2D eigenvalue weighted by molar-refractivity contribution is 0.0922. The highest BCUT2D eigenvalue weighted by atomic mass is 35.5. The summed E-state index contributed by atoms with van der Waals surface area (Å²) in [7, 11) is 0. The number of nitrogens with zero attached hydrogens (tertiary/aromatic N) is 2. The number of aliphatic hydroxyl groups excluding tert-OH is 1. The van der Waals surface area contributed by atoms with Crippen LogP contribution in [0.25, 0.3) is 11.3 Å². The van der Waals surface area contributed by atoms with Crippen molar-refractivity contribution in [3.05, 3.63) is 65.0 Å². The predicted molar refractivity (Wildman–Crippen MR) is 99.5 cm³/mol. The van der Waals surface area contributed by atoms with Gasteiger partial charge in [-0.2, -0.15) is 0 Å². The lowest BCUT2D eigenvalue weighted by atomic mass is 10.1. The Kier molecular flexibility index (Phi) is 6.05. The molecule has 2 N–H and O–H groups in total. The van der Waals surface area contributed by atoms with Gasteiger partial charge in [0.2, 0.25) is 5.88 Å². The molecule has 0 aliphatic heterocycles. The first-order valence-electron chi connectivity index (χ1n) is 8.26. The minimum Gasteiger partial charge on any atom is -0.473 e. The molecule has 0 bridgehead atoms. The van der Waals surface area contributed by atoms with Gasteiger partial charge in [0.05, 0.1) is 17.7 Å². The summed E-state index contributed by atoms with van der Waals surface area (Å²) in [6.45, 7) is 1.79. The smallest absolute Gasteiger partial charge is 0.253 e. The molecule has 1 amide bonds. The van der Waals surface area contributed by atoms with Gasteiger partial charge in [0.1, 0.15) is 18.6 Å². The maximum atomic E-state index is 12.0. The SMILES string of the molecule is C[C@@H](CO)NC(=O)c1ccc(OCc2conc2-c2ccc(Cl)cc2)nc1. The van der Waals surface area contributed by atoms with Crippen molar-refractivity contribution in [3.63, 3.8) is 0 Å². The Labute approximate surface area is 160 Å². The molecular weight excluding hydrogens is 370 g/mol. The Morgan fingerprint density at radius 1 is 1.30 bits per heavy atom. The van der Waals surface area contributed by atoms with Crippen molar-refractivity contribution in [3.8, 4) is 17.1 Å². The zero-order valence-corrected chi connectivity index (χ0v) is 15.3. The van der Waals surface area contributed by atoms with E-state index in [1.807, 2.05) is 12.1 Å². The van der Waals surface area contributed by atoms with Gasteiger partial charge in [-0.05, 0) is 25.1 Å². The van der Waals surface area contributed by atoms with Crippen LogP contribution in [0, 0.1) is 0 Å². The summed E-state index contributed by atoms with van der Waals surface area (Å²) in [6.07, 6.45) is 2.94. The fourth-order valence-electron chi connectivity index (χ4n) is 2.31. The third kappa shape index (κ3) is 4.84. The van der Waals surface area contributed by atoms with Gasteiger partial charge < -0.3 is 19.7 Å². The lowest BCUT2D eigenvalue weighted by Crippen LogP contribution is -2.35. The number of aliphatic hydroxyl groups is 1. The fraction of sp³-hybridized carbons (Fsp3) is 0.211. The molecule has 0 fully saturated rings. The number of carbonyl (C=O) groups is 1. The van der Waals surface area contributed by atoms with Crippen LogP contribution in [-0.2, 0) is 6.61 Å². The molecule has 0 saturated heterocycles. The van der Waals surface area contributed by atoms with E-state index in [4.69, 9.17) is 26.0 Å². The lowest BCUT2D eigenvalue weighted by Gasteiger charge is -2.11. The fourth-order valence-corrected chi connectivity index (χ4v) is 2.44. The maximum absolute atomic E-state index is 12.0. The summed E-state index contributed by atoms with van der Waals surface area (Å²) in [5.41, 5.74) is 2.68. The Balaban J connectivity index is 1.63. The van der Waals surface area contributed by atoms with E-state index in [0.717, 1.165) is 11.1 Å². The number of pyridine rings is 1. The van der Waals surface area contributed by atoms with Crippen LogP contribution in [-0.4, -0.2) is 33.8 Å². The van der Waals surface area contributed by atoms with E-state index in [-0.39, 0.29) is 25.2 Å². The summed E-state index contributed by atoms with van der Waals surface area (Å²) >= 11 is 5.91. The number of halogens is 1. The van der Waals surface area contributed by atoms with E-state index >= 15 is 0 Å². The minimum atomic E-state index is -0.326. The Morgan fingerprint density at radius 3 is 2.74 bits per heavy atom. The Bertz CT molecular complexity index is 894. The van der Waals surface area contributed by atoms with E-state index in [1.54, 1.807) is 31.2 Å². The van der Waals surface area contributed by atoms with Crippen molar-refractivity contribution in [2.45, 2.75) is 19.6 Å². The molecule has 0 aliphatic carbocycles. The minimum absolute atomic E-state index is 0.130. The number of aromatic nitrogens is 2. The molecule has 3 aromatic rings. The van der Waals surface area contributed by atoms with Gasteiger partial charge in [-0.15, -0.1) is 0 Å². The number of nitrogens with one attached hydrogen (secondary N) is 1. The third-order valence-electron chi connectivity index (χ3n) is 3.79. The van der Waals surface area contributed by atoms with E-state index in [9.17, 15) is 4.79 Å². The second-order valence-corrected chi connectivity index (χ2v) is 6.36. The molecule has 0 radical (unpaired) electrons. The summed E-state index contributed by atoms with van der Waals surface area (Å²) in [6, 6.07) is 10.1. The number of carbonyl (C=O) groups excluding carboxylic acids is 1. The second-order valence-electron chi connectivity index (χ2n) is 5.93. The molecule has 7 nitrogen and oxygen atoms in total. The summed E-state index contributed by atoms with van der Waals surface area (Å²) in [5.74, 6) is 0.0599. The van der Waals surface area contributed by atoms with E-state index in [0.29, 0.717) is 22.2 Å². The van der Waals surface area contributed by atoms with Crippen LogP contribution in [0.4, 0.5) is 0 Å². The van der Waals surface area contributed by atoms with Crippen LogP contribution in [0.1, 0.15) is 22.8 Å². The van der Waals surface area contributed by atoms with Crippen molar-refractivity contribution in [2.24, 2.45) is 0 Å². The number of hydrogen-bond donors (Lipinski definition) is 2. The Morgan fingerprint density at radius 2 is 2.07 bits per heavy atom. The highest BCUT2D eigenvalue weighted by Gasteiger charge is 2.13. The molecule has 1 atom stereocenters. The maximum Gasteiger partial charge on any atom is 0.253 e. The number of amides is 1. The molecule has 0 aliphatic rings. The summed E-state index contributed by atoms with van der Waals surface area (Å²) in [5, 5.41) is 16.3. The monoisotopic (exact) mass is 387 g/mol. The van der Waals surface area contributed by atoms with Crippen molar-refractivity contribution < 1.29 is 19.2 Å². The van der Waals surface area contributed by atoms with Crippen molar-refractivity contribution in [2.75, 3.05) is 6.61 Å². The van der Waals surface area contributed by atoms with E-state index in [1.165, 1.54) is 12.5 Å². The molecule has 1 aromatic carbocycles. The molecule has 0 spiro atoms. The average molecular weight is 388 g/mol. The van der Waals surface area contributed by atoms with Crippen LogP contribution >= 0.6 is 11.6 Å². The molecule has 3 rings (SSSR count). The van der Waals surface area contributed by atoms with Crippen molar-refractivity contribution in [1.82, 2.24) is 15.5 Å². The molecular formula is C19H18ClN3O4. The van der Waals surface area contributed by atoms with Crippen LogP contribution in [0.15, 0.2) is 53.4 Å². The molecule has 2 heterocycles. The number of hydrogen-bond acceptors (Lipinski definition) is 6. The topological polar surface area (TPSA) is 97.5 Å². The highest BCUT2D eigenvalue weighted by Crippen LogP contribution is 2.24. The number of ether oxygens (including phenoxy) is 1. The average Bonchev–Trinajstić information content (AvgIpc) is 3.15. The first-order valence-corrected chi connectivity index (χ1v) is 8.64. The van der Waals surface area contributed by atoms with Crippen molar-refractivity contribution in [1.29, 1.82) is 0 Å². The van der Waals surface area contributed by atoms with Gasteiger partial charge in [0, 0.05) is 28.9 Å².